The van der Waals surface area contributed by atoms with Crippen LogP contribution >= 0.6 is 0 Å². The van der Waals surface area contributed by atoms with Crippen LogP contribution in [0.5, 0.6) is 0 Å². The van der Waals surface area contributed by atoms with Crippen LogP contribution < -0.4 is 10.2 Å². The molecule has 0 fully saturated rings. The van der Waals surface area contributed by atoms with Crippen molar-refractivity contribution in [3.05, 3.63) is 24.0 Å². The topological polar surface area (TPSA) is 28.2 Å². The van der Waals surface area contributed by atoms with Crippen LogP contribution in [0.1, 0.15) is 19.5 Å². The van der Waals surface area contributed by atoms with Gasteiger partial charge in [-0.2, -0.15) is 0 Å². The van der Waals surface area contributed by atoms with Crippen molar-refractivity contribution < 1.29 is 0 Å². The lowest BCUT2D eigenvalue weighted by Gasteiger charge is -2.20. The van der Waals surface area contributed by atoms with Crippen LogP contribution in [0.15, 0.2) is 18.3 Å². The maximum atomic E-state index is 5.34. The van der Waals surface area contributed by atoms with Crippen molar-refractivity contribution in [3.63, 3.8) is 0 Å². The molecule has 0 radical (unpaired) electrons. The van der Waals surface area contributed by atoms with Crippen LogP contribution in [0, 0.1) is 12.3 Å². The summed E-state index contributed by atoms with van der Waals surface area (Å²) in [6.45, 7) is 7.49. The van der Waals surface area contributed by atoms with E-state index in [1.807, 2.05) is 12.3 Å². The van der Waals surface area contributed by atoms with Gasteiger partial charge in [0.05, 0.1) is 12.2 Å². The number of pyridine rings is 1. The minimum absolute atomic E-state index is 0.640. The molecule has 0 aliphatic rings. The van der Waals surface area contributed by atoms with Gasteiger partial charge in [-0.3, -0.25) is 4.98 Å². The molecule has 0 atom stereocenters. The Morgan fingerprint density at radius 1 is 1.50 bits per heavy atom. The molecule has 0 aliphatic carbocycles. The summed E-state index contributed by atoms with van der Waals surface area (Å²) in [5, 5.41) is 3.26. The third kappa shape index (κ3) is 3.56. The van der Waals surface area contributed by atoms with E-state index in [0.29, 0.717) is 6.54 Å². The molecule has 0 saturated carbocycles. The van der Waals surface area contributed by atoms with Gasteiger partial charge in [0, 0.05) is 25.0 Å². The molecule has 16 heavy (non-hydrogen) atoms. The Labute approximate surface area is 97.9 Å². The number of aromatic nitrogens is 1. The van der Waals surface area contributed by atoms with Crippen molar-refractivity contribution in [1.29, 1.82) is 0 Å². The molecule has 1 rings (SSSR count). The Balaban J connectivity index is 2.76. The average molecular weight is 217 g/mol. The minimum Gasteiger partial charge on any atom is -0.361 e. The number of rotatable bonds is 6. The average Bonchev–Trinajstić information content (AvgIpc) is 2.33. The zero-order valence-electron chi connectivity index (χ0n) is 10.0. The van der Waals surface area contributed by atoms with Gasteiger partial charge < -0.3 is 10.2 Å². The molecule has 1 heterocycles. The molecule has 0 spiro atoms. The van der Waals surface area contributed by atoms with Crippen LogP contribution in [0.25, 0.3) is 0 Å². The lowest BCUT2D eigenvalue weighted by molar-refractivity contribution is 0.710. The van der Waals surface area contributed by atoms with Crippen LogP contribution in [0.3, 0.4) is 0 Å². The third-order valence-electron chi connectivity index (χ3n) is 2.39. The van der Waals surface area contributed by atoms with E-state index in [-0.39, 0.29) is 0 Å². The number of nitrogens with one attached hydrogen (secondary N) is 1. The second-order valence-corrected chi connectivity index (χ2v) is 3.50. The van der Waals surface area contributed by atoms with Gasteiger partial charge in [-0.1, -0.05) is 12.8 Å². The maximum Gasteiger partial charge on any atom is 0.0791 e. The van der Waals surface area contributed by atoms with Crippen LogP contribution in [-0.2, 0) is 6.54 Å². The highest BCUT2D eigenvalue weighted by Gasteiger charge is 2.03. The minimum atomic E-state index is 0.640. The molecule has 1 aromatic rings. The molecule has 0 bridgehead atoms. The first-order valence-electron chi connectivity index (χ1n) is 5.65. The molecule has 3 heteroatoms. The number of anilines is 1. The zero-order valence-corrected chi connectivity index (χ0v) is 10.0. The normalized spacial score (nSPS) is 9.81. The van der Waals surface area contributed by atoms with E-state index in [4.69, 9.17) is 6.42 Å². The van der Waals surface area contributed by atoms with Gasteiger partial charge in [0.2, 0.25) is 0 Å². The SMILES string of the molecule is C#CCN(CC)c1ccnc(CNCC)c1. The number of hydrogen-bond donors (Lipinski definition) is 1. The van der Waals surface area contributed by atoms with Crippen LogP contribution in [0.2, 0.25) is 0 Å². The highest BCUT2D eigenvalue weighted by atomic mass is 15.1. The van der Waals surface area contributed by atoms with E-state index in [1.165, 1.54) is 0 Å². The fraction of sp³-hybridized carbons (Fsp3) is 0.462. The summed E-state index contributed by atoms with van der Waals surface area (Å²) >= 11 is 0. The predicted molar refractivity (Wildman–Crippen MR) is 68.3 cm³/mol. The zero-order chi connectivity index (χ0) is 11.8. The monoisotopic (exact) mass is 217 g/mol. The molecule has 0 amide bonds. The molecular weight excluding hydrogens is 198 g/mol. The Kier molecular flexibility index (Phi) is 5.38. The largest absolute Gasteiger partial charge is 0.361 e. The molecule has 0 aliphatic heterocycles. The first-order chi connectivity index (χ1) is 7.81. The Morgan fingerprint density at radius 2 is 2.31 bits per heavy atom. The lowest BCUT2D eigenvalue weighted by atomic mass is 10.2. The summed E-state index contributed by atoms with van der Waals surface area (Å²) in [5.74, 6) is 2.67. The first kappa shape index (κ1) is 12.5. The van der Waals surface area contributed by atoms with E-state index >= 15 is 0 Å². The summed E-state index contributed by atoms with van der Waals surface area (Å²) in [6.07, 6.45) is 7.18. The lowest BCUT2D eigenvalue weighted by Crippen LogP contribution is -2.23. The number of hydrogen-bond acceptors (Lipinski definition) is 3. The molecule has 0 saturated heterocycles. The molecular formula is C13H19N3. The Morgan fingerprint density at radius 3 is 2.94 bits per heavy atom. The van der Waals surface area contributed by atoms with E-state index < -0.39 is 0 Å². The number of terminal acetylenes is 1. The highest BCUT2D eigenvalue weighted by molar-refractivity contribution is 5.47. The van der Waals surface area contributed by atoms with Crippen molar-refractivity contribution in [2.45, 2.75) is 20.4 Å². The van der Waals surface area contributed by atoms with Gasteiger partial charge >= 0.3 is 0 Å². The van der Waals surface area contributed by atoms with Gasteiger partial charge in [0.15, 0.2) is 0 Å². The van der Waals surface area contributed by atoms with Crippen molar-refractivity contribution in [1.82, 2.24) is 10.3 Å². The summed E-state index contributed by atoms with van der Waals surface area (Å²) < 4.78 is 0. The van der Waals surface area contributed by atoms with Gasteiger partial charge in [-0.15, -0.1) is 6.42 Å². The van der Waals surface area contributed by atoms with Gasteiger partial charge in [0.1, 0.15) is 0 Å². The summed E-state index contributed by atoms with van der Waals surface area (Å²) in [4.78, 5) is 6.46. The van der Waals surface area contributed by atoms with Gasteiger partial charge in [-0.05, 0) is 25.6 Å². The summed E-state index contributed by atoms with van der Waals surface area (Å²) in [5.41, 5.74) is 2.19. The van der Waals surface area contributed by atoms with E-state index in [1.54, 1.807) is 0 Å². The van der Waals surface area contributed by atoms with E-state index in [0.717, 1.165) is 31.0 Å². The van der Waals surface area contributed by atoms with Crippen LogP contribution in [-0.4, -0.2) is 24.6 Å². The molecule has 0 aromatic carbocycles. The third-order valence-corrected chi connectivity index (χ3v) is 2.39. The predicted octanol–water partition coefficient (Wildman–Crippen LogP) is 1.65. The van der Waals surface area contributed by atoms with E-state index in [9.17, 15) is 0 Å². The molecule has 86 valence electrons. The smallest absolute Gasteiger partial charge is 0.0791 e. The molecule has 1 N–H and O–H groups in total. The highest BCUT2D eigenvalue weighted by Crippen LogP contribution is 2.13. The van der Waals surface area contributed by atoms with Gasteiger partial charge in [-0.25, -0.2) is 0 Å². The number of nitrogens with zero attached hydrogens (tertiary/aromatic N) is 2. The molecule has 3 nitrogen and oxygen atoms in total. The maximum absolute atomic E-state index is 5.34. The second kappa shape index (κ2) is 6.86. The fourth-order valence-electron chi connectivity index (χ4n) is 1.51. The Hall–Kier alpha value is -1.53. The summed E-state index contributed by atoms with van der Waals surface area (Å²) in [6, 6.07) is 4.08. The molecule has 1 aromatic heterocycles. The first-order valence-corrected chi connectivity index (χ1v) is 5.65. The van der Waals surface area contributed by atoms with Gasteiger partial charge in [0.25, 0.3) is 0 Å². The fourth-order valence-corrected chi connectivity index (χ4v) is 1.51. The van der Waals surface area contributed by atoms with Crippen LogP contribution in [0.4, 0.5) is 5.69 Å². The van der Waals surface area contributed by atoms with Crippen molar-refractivity contribution in [2.75, 3.05) is 24.5 Å². The molecule has 0 unspecified atom stereocenters. The standard InChI is InChI=1S/C13H19N3/c1-4-9-16(6-3)13-7-8-15-12(10-13)11-14-5-2/h1,7-8,10,14H,5-6,9,11H2,2-3H3. The van der Waals surface area contributed by atoms with Crippen molar-refractivity contribution >= 4 is 5.69 Å². The second-order valence-electron chi connectivity index (χ2n) is 3.50. The van der Waals surface area contributed by atoms with Crippen molar-refractivity contribution in [2.24, 2.45) is 0 Å². The quantitative estimate of drug-likeness (QED) is 0.734. The Bertz CT molecular complexity index is 354. The van der Waals surface area contributed by atoms with Crippen molar-refractivity contribution in [3.8, 4) is 12.3 Å². The van der Waals surface area contributed by atoms with E-state index in [2.05, 4.69) is 41.0 Å². The summed E-state index contributed by atoms with van der Waals surface area (Å²) in [7, 11) is 0.